The van der Waals surface area contributed by atoms with E-state index in [9.17, 15) is 23.9 Å². The van der Waals surface area contributed by atoms with E-state index in [0.29, 0.717) is 31.6 Å². The molecule has 0 spiro atoms. The van der Waals surface area contributed by atoms with Crippen LogP contribution in [0, 0.1) is 19.8 Å². The van der Waals surface area contributed by atoms with Crippen LogP contribution in [0.4, 0.5) is 4.39 Å². The Morgan fingerprint density at radius 3 is 2.35 bits per heavy atom. The number of alkyl halides is 1. The number of aromatic nitrogens is 1. The van der Waals surface area contributed by atoms with Crippen LogP contribution in [-0.2, 0) is 16.1 Å². The van der Waals surface area contributed by atoms with Gasteiger partial charge in [0.2, 0.25) is 5.91 Å². The Morgan fingerprint density at radius 2 is 1.73 bits per heavy atom. The summed E-state index contributed by atoms with van der Waals surface area (Å²) in [4.78, 5) is 40.5. The Bertz CT molecular complexity index is 1410. The van der Waals surface area contributed by atoms with E-state index in [1.54, 1.807) is 12.3 Å². The van der Waals surface area contributed by atoms with Crippen LogP contribution in [0.5, 0.6) is 0 Å². The van der Waals surface area contributed by atoms with Crippen LogP contribution >= 0.6 is 0 Å². The van der Waals surface area contributed by atoms with Gasteiger partial charge in [0.15, 0.2) is 0 Å². The number of hydrogen-bond acceptors (Lipinski definition) is 4. The zero-order valence-corrected chi connectivity index (χ0v) is 23.6. The largest absolute Gasteiger partial charge is 0.481 e. The van der Waals surface area contributed by atoms with Crippen molar-refractivity contribution in [3.05, 3.63) is 93.4 Å². The van der Waals surface area contributed by atoms with Gasteiger partial charge in [0.05, 0.1) is 12.5 Å². The molecular formula is C32H38FN3O4. The van der Waals surface area contributed by atoms with Gasteiger partial charge in [-0.2, -0.15) is 0 Å². The fraction of sp³-hybridized carbons (Fsp3) is 0.406. The number of aryl methyl sites for hydroxylation is 2. The summed E-state index contributed by atoms with van der Waals surface area (Å²) in [5.41, 5.74) is 5.41. The standard InChI is InChI=1S/C32H38FN3O4/c1-20(2)13-28(36-17-23(11-12-29(36)37)16-35-18-26(33)19-35)32(40)34-27(15-30(38)39)24-9-6-10-25(14-24)31-21(3)7-5-8-22(31)4/h5-12,14,17,20,26-28H,13,15-16,18-19H2,1-4H3,(H,34,40)(H,38,39)/t27-,28-/m0/s1. The highest BCUT2D eigenvalue weighted by molar-refractivity contribution is 5.82. The van der Waals surface area contributed by atoms with Gasteiger partial charge in [0, 0.05) is 31.9 Å². The van der Waals surface area contributed by atoms with E-state index in [2.05, 4.69) is 5.32 Å². The Kier molecular flexibility index (Phi) is 9.20. The molecule has 0 unspecified atom stereocenters. The minimum Gasteiger partial charge on any atom is -0.481 e. The normalized spacial score (nSPS) is 15.4. The first-order valence-corrected chi connectivity index (χ1v) is 13.8. The molecule has 1 saturated heterocycles. The summed E-state index contributed by atoms with van der Waals surface area (Å²) in [5.74, 6) is -1.35. The van der Waals surface area contributed by atoms with Gasteiger partial charge in [0.25, 0.3) is 5.56 Å². The predicted octanol–water partition coefficient (Wildman–Crippen LogP) is 5.21. The number of carbonyl (C=O) groups is 2. The molecule has 8 heteroatoms. The van der Waals surface area contributed by atoms with E-state index in [0.717, 1.165) is 27.8 Å². The van der Waals surface area contributed by atoms with Crippen LogP contribution in [0.2, 0.25) is 0 Å². The lowest BCUT2D eigenvalue weighted by Gasteiger charge is -2.34. The van der Waals surface area contributed by atoms with E-state index < -0.39 is 30.1 Å². The Balaban J connectivity index is 1.64. The van der Waals surface area contributed by atoms with Crippen molar-refractivity contribution >= 4 is 11.9 Å². The Hall–Kier alpha value is -3.78. The number of carbonyl (C=O) groups excluding carboxylic acids is 1. The van der Waals surface area contributed by atoms with Crippen molar-refractivity contribution < 1.29 is 19.1 Å². The van der Waals surface area contributed by atoms with Crippen LogP contribution in [0.25, 0.3) is 11.1 Å². The number of carboxylic acids is 1. The lowest BCUT2D eigenvalue weighted by Crippen LogP contribution is -2.47. The molecular weight excluding hydrogens is 509 g/mol. The summed E-state index contributed by atoms with van der Waals surface area (Å²) >= 11 is 0. The van der Waals surface area contributed by atoms with E-state index in [1.165, 1.54) is 10.6 Å². The van der Waals surface area contributed by atoms with E-state index in [4.69, 9.17) is 0 Å². The SMILES string of the molecule is Cc1cccc(C)c1-c1cccc([C@H](CC(=O)O)NC(=O)[C@H](CC(C)C)n2cc(CN3CC(F)C3)ccc2=O)c1. The van der Waals surface area contributed by atoms with E-state index in [1.807, 2.05) is 75.1 Å². The number of likely N-dealkylation sites (tertiary alicyclic amines) is 1. The first-order valence-electron chi connectivity index (χ1n) is 13.8. The highest BCUT2D eigenvalue weighted by Gasteiger charge is 2.29. The molecule has 2 heterocycles. The monoisotopic (exact) mass is 547 g/mol. The second-order valence-corrected chi connectivity index (χ2v) is 11.3. The predicted molar refractivity (Wildman–Crippen MR) is 154 cm³/mol. The summed E-state index contributed by atoms with van der Waals surface area (Å²) in [7, 11) is 0. The number of hydrogen-bond donors (Lipinski definition) is 2. The number of amides is 1. The van der Waals surface area contributed by atoms with Crippen molar-refractivity contribution in [3.8, 4) is 11.1 Å². The summed E-state index contributed by atoms with van der Waals surface area (Å²) in [6.07, 6.45) is 0.942. The molecule has 1 aliphatic rings. The lowest BCUT2D eigenvalue weighted by molar-refractivity contribution is -0.138. The van der Waals surface area contributed by atoms with Crippen LogP contribution in [-0.4, -0.2) is 45.7 Å². The molecule has 1 aliphatic heterocycles. The molecule has 1 amide bonds. The maximum Gasteiger partial charge on any atom is 0.305 e. The van der Waals surface area contributed by atoms with Crippen molar-refractivity contribution in [2.75, 3.05) is 13.1 Å². The van der Waals surface area contributed by atoms with Crippen LogP contribution < -0.4 is 10.9 Å². The zero-order valence-electron chi connectivity index (χ0n) is 23.6. The average Bonchev–Trinajstić information content (AvgIpc) is 2.87. The molecule has 1 fully saturated rings. The molecule has 40 heavy (non-hydrogen) atoms. The second-order valence-electron chi connectivity index (χ2n) is 11.3. The van der Waals surface area contributed by atoms with Gasteiger partial charge >= 0.3 is 5.97 Å². The fourth-order valence-electron chi connectivity index (χ4n) is 5.45. The molecule has 2 N–H and O–H groups in total. The summed E-state index contributed by atoms with van der Waals surface area (Å²) in [5, 5.41) is 12.7. The van der Waals surface area contributed by atoms with Crippen molar-refractivity contribution in [3.63, 3.8) is 0 Å². The number of aliphatic carboxylic acids is 1. The molecule has 1 aromatic heterocycles. The molecule has 0 aliphatic carbocycles. The number of pyridine rings is 1. The van der Waals surface area contributed by atoms with Crippen molar-refractivity contribution in [1.29, 1.82) is 0 Å². The quantitative estimate of drug-likeness (QED) is 0.344. The third-order valence-electron chi connectivity index (χ3n) is 7.41. The lowest BCUT2D eigenvalue weighted by atomic mass is 9.92. The number of halogens is 1. The molecule has 2 atom stereocenters. The number of carboxylic acid groups (broad SMARTS) is 1. The van der Waals surface area contributed by atoms with Crippen LogP contribution in [0.15, 0.2) is 65.6 Å². The third kappa shape index (κ3) is 7.04. The maximum absolute atomic E-state index is 13.8. The molecule has 2 aromatic carbocycles. The van der Waals surface area contributed by atoms with Gasteiger partial charge in [-0.15, -0.1) is 0 Å². The maximum atomic E-state index is 13.8. The van der Waals surface area contributed by atoms with Gasteiger partial charge in [-0.25, -0.2) is 4.39 Å². The highest BCUT2D eigenvalue weighted by atomic mass is 19.1. The Morgan fingerprint density at radius 1 is 1.05 bits per heavy atom. The van der Waals surface area contributed by atoms with Gasteiger partial charge in [-0.1, -0.05) is 56.3 Å². The van der Waals surface area contributed by atoms with Crippen molar-refractivity contribution in [2.24, 2.45) is 5.92 Å². The van der Waals surface area contributed by atoms with Crippen LogP contribution in [0.1, 0.15) is 61.0 Å². The molecule has 0 saturated carbocycles. The van der Waals surface area contributed by atoms with Crippen LogP contribution in [0.3, 0.4) is 0 Å². The second kappa shape index (κ2) is 12.6. The molecule has 0 radical (unpaired) electrons. The van der Waals surface area contributed by atoms with Gasteiger partial charge in [-0.05, 0) is 65.6 Å². The van der Waals surface area contributed by atoms with Crippen molar-refractivity contribution in [1.82, 2.24) is 14.8 Å². The minimum absolute atomic E-state index is 0.0965. The fourth-order valence-corrected chi connectivity index (χ4v) is 5.45. The summed E-state index contributed by atoms with van der Waals surface area (Å²) < 4.78 is 14.7. The highest BCUT2D eigenvalue weighted by Crippen LogP contribution is 2.30. The first-order chi connectivity index (χ1) is 19.0. The summed E-state index contributed by atoms with van der Waals surface area (Å²) in [6, 6.07) is 15.2. The Labute approximate surface area is 234 Å². The molecule has 212 valence electrons. The topological polar surface area (TPSA) is 91.6 Å². The van der Waals surface area contributed by atoms with E-state index >= 15 is 0 Å². The molecule has 4 rings (SSSR count). The first kappa shape index (κ1) is 29.2. The minimum atomic E-state index is -1.04. The molecule has 3 aromatic rings. The number of benzene rings is 2. The van der Waals surface area contributed by atoms with Gasteiger partial charge in [-0.3, -0.25) is 19.3 Å². The summed E-state index contributed by atoms with van der Waals surface area (Å²) in [6.45, 7) is 9.21. The van der Waals surface area contributed by atoms with Crippen molar-refractivity contribution in [2.45, 2.75) is 65.3 Å². The van der Waals surface area contributed by atoms with Gasteiger partial charge in [0.1, 0.15) is 12.2 Å². The molecule has 0 bridgehead atoms. The average molecular weight is 548 g/mol. The smallest absolute Gasteiger partial charge is 0.305 e. The zero-order chi connectivity index (χ0) is 29.0. The number of rotatable bonds is 11. The van der Waals surface area contributed by atoms with E-state index in [-0.39, 0.29) is 17.9 Å². The number of nitrogens with zero attached hydrogens (tertiary/aromatic N) is 2. The molecule has 7 nitrogen and oxygen atoms in total. The number of nitrogens with one attached hydrogen (secondary N) is 1. The van der Waals surface area contributed by atoms with Gasteiger partial charge < -0.3 is 15.0 Å². The third-order valence-corrected chi connectivity index (χ3v) is 7.41.